The third-order valence-electron chi connectivity index (χ3n) is 5.28. The topological polar surface area (TPSA) is 48.9 Å². The molecule has 1 unspecified atom stereocenters. The Morgan fingerprint density at radius 2 is 1.92 bits per heavy atom. The van der Waals surface area contributed by atoms with Crippen molar-refractivity contribution in [3.05, 3.63) is 0 Å². The smallest absolute Gasteiger partial charge is 0.191 e. The lowest BCUT2D eigenvalue weighted by Gasteiger charge is -2.22. The maximum Gasteiger partial charge on any atom is 0.191 e. The maximum absolute atomic E-state index is 5.99. The first kappa shape index (κ1) is 24.0. The summed E-state index contributed by atoms with van der Waals surface area (Å²) in [5, 5.41) is 6.83. The summed E-state index contributed by atoms with van der Waals surface area (Å²) in [5.41, 5.74) is 0. The van der Waals surface area contributed by atoms with Crippen LogP contribution in [0.2, 0.25) is 0 Å². The van der Waals surface area contributed by atoms with Crippen molar-refractivity contribution in [2.75, 3.05) is 45.9 Å². The molecule has 26 heavy (non-hydrogen) atoms. The van der Waals surface area contributed by atoms with E-state index in [0.29, 0.717) is 6.10 Å². The molecule has 2 rings (SSSR count). The molecule has 1 aliphatic heterocycles. The number of likely N-dealkylation sites (tertiary alicyclic amines) is 1. The second-order valence-corrected chi connectivity index (χ2v) is 7.59. The van der Waals surface area contributed by atoms with E-state index in [1.807, 2.05) is 0 Å². The van der Waals surface area contributed by atoms with Gasteiger partial charge in [-0.25, -0.2) is 0 Å². The molecule has 1 heterocycles. The Balaban J connectivity index is 0.00000338. The summed E-state index contributed by atoms with van der Waals surface area (Å²) in [5.74, 6) is 1.69. The zero-order chi connectivity index (χ0) is 17.7. The minimum absolute atomic E-state index is 0. The highest BCUT2D eigenvalue weighted by Crippen LogP contribution is 2.20. The van der Waals surface area contributed by atoms with Crippen LogP contribution in [0.1, 0.15) is 65.2 Å². The SMILES string of the molecule is CCCN1CCC(CN=C(NCC)NCCCOC2CCCCC2)C1.I. The Hall–Kier alpha value is -0.0800. The van der Waals surface area contributed by atoms with Crippen molar-refractivity contribution < 1.29 is 4.74 Å². The van der Waals surface area contributed by atoms with Crippen molar-refractivity contribution in [3.63, 3.8) is 0 Å². The fraction of sp³-hybridized carbons (Fsp3) is 0.950. The molecule has 1 saturated carbocycles. The van der Waals surface area contributed by atoms with E-state index in [1.54, 1.807) is 0 Å². The standard InChI is InChI=1S/C20H40N4O.HI/c1-3-13-24-14-11-18(17-24)16-23-20(21-4-2)22-12-8-15-25-19-9-6-5-7-10-19;/h18-19H,3-17H2,1-2H3,(H2,21,22,23);1H. The molecule has 0 amide bonds. The van der Waals surface area contributed by atoms with Gasteiger partial charge in [-0.3, -0.25) is 4.99 Å². The van der Waals surface area contributed by atoms with E-state index in [-0.39, 0.29) is 24.0 Å². The molecule has 1 aliphatic carbocycles. The third kappa shape index (κ3) is 9.74. The zero-order valence-electron chi connectivity index (χ0n) is 17.0. The number of rotatable bonds is 10. The van der Waals surface area contributed by atoms with E-state index in [1.165, 1.54) is 64.6 Å². The highest BCUT2D eigenvalue weighted by molar-refractivity contribution is 14.0. The number of nitrogens with zero attached hydrogens (tertiary/aromatic N) is 2. The van der Waals surface area contributed by atoms with Gasteiger partial charge < -0.3 is 20.3 Å². The lowest BCUT2D eigenvalue weighted by atomic mass is 9.98. The van der Waals surface area contributed by atoms with Crippen LogP contribution in [-0.2, 0) is 4.74 Å². The molecule has 0 aromatic heterocycles. The lowest BCUT2D eigenvalue weighted by Crippen LogP contribution is -2.38. The number of hydrogen-bond donors (Lipinski definition) is 2. The number of halogens is 1. The van der Waals surface area contributed by atoms with Crippen LogP contribution in [-0.4, -0.2) is 62.8 Å². The van der Waals surface area contributed by atoms with E-state index in [0.717, 1.165) is 44.5 Å². The second-order valence-electron chi connectivity index (χ2n) is 7.59. The molecular formula is C20H41IN4O. The molecular weight excluding hydrogens is 439 g/mol. The first-order chi connectivity index (χ1) is 12.3. The van der Waals surface area contributed by atoms with Crippen molar-refractivity contribution >= 4 is 29.9 Å². The Kier molecular flexibility index (Phi) is 13.7. The van der Waals surface area contributed by atoms with E-state index in [9.17, 15) is 0 Å². The Morgan fingerprint density at radius 3 is 2.65 bits per heavy atom. The fourth-order valence-corrected chi connectivity index (χ4v) is 3.90. The summed E-state index contributed by atoms with van der Waals surface area (Å²) in [4.78, 5) is 7.38. The maximum atomic E-state index is 5.99. The molecule has 0 bridgehead atoms. The number of ether oxygens (including phenoxy) is 1. The number of nitrogens with one attached hydrogen (secondary N) is 2. The lowest BCUT2D eigenvalue weighted by molar-refractivity contribution is 0.0277. The molecule has 1 atom stereocenters. The Labute approximate surface area is 178 Å². The number of aliphatic imine (C=N–C) groups is 1. The zero-order valence-corrected chi connectivity index (χ0v) is 19.3. The van der Waals surface area contributed by atoms with E-state index >= 15 is 0 Å². The molecule has 2 aliphatic rings. The van der Waals surface area contributed by atoms with Gasteiger partial charge in [-0.2, -0.15) is 0 Å². The first-order valence-corrected chi connectivity index (χ1v) is 10.7. The average Bonchev–Trinajstić information content (AvgIpc) is 3.08. The van der Waals surface area contributed by atoms with Crippen LogP contribution >= 0.6 is 24.0 Å². The van der Waals surface area contributed by atoms with Gasteiger partial charge in [-0.05, 0) is 58.0 Å². The molecule has 0 aromatic rings. The predicted octanol–water partition coefficient (Wildman–Crippen LogP) is 3.63. The monoisotopic (exact) mass is 480 g/mol. The van der Waals surface area contributed by atoms with Crippen molar-refractivity contribution in [3.8, 4) is 0 Å². The normalized spacial score (nSPS) is 22.2. The van der Waals surface area contributed by atoms with Gasteiger partial charge in [0.1, 0.15) is 0 Å². The summed E-state index contributed by atoms with van der Waals surface area (Å²) in [6, 6.07) is 0. The molecule has 0 spiro atoms. The van der Waals surface area contributed by atoms with E-state index < -0.39 is 0 Å². The highest BCUT2D eigenvalue weighted by Gasteiger charge is 2.21. The van der Waals surface area contributed by atoms with Gasteiger partial charge in [0, 0.05) is 32.8 Å². The first-order valence-electron chi connectivity index (χ1n) is 10.7. The number of hydrogen-bond acceptors (Lipinski definition) is 3. The molecule has 0 radical (unpaired) electrons. The van der Waals surface area contributed by atoms with Crippen LogP contribution in [0.4, 0.5) is 0 Å². The van der Waals surface area contributed by atoms with Crippen LogP contribution in [0.5, 0.6) is 0 Å². The van der Waals surface area contributed by atoms with Crippen molar-refractivity contribution in [1.29, 1.82) is 0 Å². The van der Waals surface area contributed by atoms with Gasteiger partial charge in [0.05, 0.1) is 6.10 Å². The van der Waals surface area contributed by atoms with Crippen LogP contribution in [0.3, 0.4) is 0 Å². The van der Waals surface area contributed by atoms with Crippen LogP contribution in [0.15, 0.2) is 4.99 Å². The third-order valence-corrected chi connectivity index (χ3v) is 5.28. The molecule has 1 saturated heterocycles. The summed E-state index contributed by atoms with van der Waals surface area (Å²) >= 11 is 0. The fourth-order valence-electron chi connectivity index (χ4n) is 3.90. The van der Waals surface area contributed by atoms with Crippen LogP contribution in [0.25, 0.3) is 0 Å². The minimum atomic E-state index is 0. The van der Waals surface area contributed by atoms with Crippen LogP contribution < -0.4 is 10.6 Å². The summed E-state index contributed by atoms with van der Waals surface area (Å²) < 4.78 is 5.99. The van der Waals surface area contributed by atoms with E-state index in [2.05, 4.69) is 29.4 Å². The van der Waals surface area contributed by atoms with Gasteiger partial charge in [-0.1, -0.05) is 26.2 Å². The van der Waals surface area contributed by atoms with Gasteiger partial charge in [0.25, 0.3) is 0 Å². The Bertz CT molecular complexity index is 375. The predicted molar refractivity (Wildman–Crippen MR) is 122 cm³/mol. The van der Waals surface area contributed by atoms with Gasteiger partial charge >= 0.3 is 0 Å². The average molecular weight is 480 g/mol. The molecule has 0 aromatic carbocycles. The second kappa shape index (κ2) is 14.9. The largest absolute Gasteiger partial charge is 0.378 e. The minimum Gasteiger partial charge on any atom is -0.378 e. The van der Waals surface area contributed by atoms with E-state index in [4.69, 9.17) is 9.73 Å². The number of guanidine groups is 1. The quantitative estimate of drug-likeness (QED) is 0.217. The molecule has 6 heteroatoms. The molecule has 154 valence electrons. The Morgan fingerprint density at radius 1 is 1.12 bits per heavy atom. The molecule has 2 N–H and O–H groups in total. The molecule has 5 nitrogen and oxygen atoms in total. The van der Waals surface area contributed by atoms with Gasteiger partial charge in [0.2, 0.25) is 0 Å². The van der Waals surface area contributed by atoms with Gasteiger partial charge in [0.15, 0.2) is 5.96 Å². The van der Waals surface area contributed by atoms with Crippen molar-refractivity contribution in [1.82, 2.24) is 15.5 Å². The van der Waals surface area contributed by atoms with Crippen molar-refractivity contribution in [2.45, 2.75) is 71.3 Å². The van der Waals surface area contributed by atoms with Gasteiger partial charge in [-0.15, -0.1) is 24.0 Å². The highest BCUT2D eigenvalue weighted by atomic mass is 127. The van der Waals surface area contributed by atoms with Crippen LogP contribution in [0, 0.1) is 5.92 Å². The summed E-state index contributed by atoms with van der Waals surface area (Å²) in [6.07, 6.45) is 10.7. The van der Waals surface area contributed by atoms with Crippen molar-refractivity contribution in [2.24, 2.45) is 10.9 Å². The summed E-state index contributed by atoms with van der Waals surface area (Å²) in [6.45, 7) is 11.7. The molecule has 2 fully saturated rings. The summed E-state index contributed by atoms with van der Waals surface area (Å²) in [7, 11) is 0.